The number of alkyl halides is 3. The number of hydrogen-bond donors (Lipinski definition) is 1. The van der Waals surface area contributed by atoms with Gasteiger partial charge in [0.25, 0.3) is 0 Å². The molecule has 3 unspecified atom stereocenters. The third kappa shape index (κ3) is 3.46. The molecule has 1 saturated carbocycles. The quantitative estimate of drug-likeness (QED) is 0.861. The Morgan fingerprint density at radius 3 is 2.47 bits per heavy atom. The Hall–Kier alpha value is -1.03. The molecule has 1 fully saturated rings. The maximum Gasteiger partial charge on any atom is 0.389 e. The first-order chi connectivity index (χ1) is 7.97. The molecular weight excluding hydrogens is 227 g/mol. The standard InChI is InChI=1S/C13H16F3N/c14-13(15,16)7-6-12(17)11-8-10(11)9-4-2-1-3-5-9/h1-5,10-12H,6-8,17H2. The van der Waals surface area contributed by atoms with Crippen molar-refractivity contribution in [2.45, 2.75) is 37.4 Å². The molecule has 0 bridgehead atoms. The van der Waals surface area contributed by atoms with Crippen molar-refractivity contribution in [3.63, 3.8) is 0 Å². The van der Waals surface area contributed by atoms with Crippen LogP contribution in [0.25, 0.3) is 0 Å². The number of rotatable bonds is 4. The highest BCUT2D eigenvalue weighted by atomic mass is 19.4. The van der Waals surface area contributed by atoms with Crippen LogP contribution in [-0.2, 0) is 0 Å². The van der Waals surface area contributed by atoms with Crippen molar-refractivity contribution in [2.24, 2.45) is 11.7 Å². The van der Waals surface area contributed by atoms with E-state index in [0.717, 1.165) is 6.42 Å². The zero-order chi connectivity index (χ0) is 12.5. The van der Waals surface area contributed by atoms with Crippen molar-refractivity contribution in [3.05, 3.63) is 35.9 Å². The van der Waals surface area contributed by atoms with E-state index < -0.39 is 12.6 Å². The first kappa shape index (κ1) is 12.4. The van der Waals surface area contributed by atoms with Crippen LogP contribution in [0.4, 0.5) is 13.2 Å². The monoisotopic (exact) mass is 243 g/mol. The third-order valence-electron chi connectivity index (χ3n) is 3.38. The van der Waals surface area contributed by atoms with E-state index in [1.807, 2.05) is 30.3 Å². The smallest absolute Gasteiger partial charge is 0.327 e. The molecule has 1 aliphatic rings. The van der Waals surface area contributed by atoms with Crippen molar-refractivity contribution in [1.82, 2.24) is 0 Å². The summed E-state index contributed by atoms with van der Waals surface area (Å²) < 4.78 is 36.2. The van der Waals surface area contributed by atoms with Gasteiger partial charge >= 0.3 is 6.18 Å². The minimum absolute atomic E-state index is 0.0392. The average molecular weight is 243 g/mol. The molecule has 2 N–H and O–H groups in total. The van der Waals surface area contributed by atoms with Crippen LogP contribution in [-0.4, -0.2) is 12.2 Å². The van der Waals surface area contributed by atoms with Crippen LogP contribution in [0, 0.1) is 5.92 Å². The Morgan fingerprint density at radius 2 is 1.88 bits per heavy atom. The zero-order valence-corrected chi connectivity index (χ0v) is 9.45. The summed E-state index contributed by atoms with van der Waals surface area (Å²) in [7, 11) is 0. The molecule has 1 aromatic carbocycles. The second-order valence-corrected chi connectivity index (χ2v) is 4.73. The van der Waals surface area contributed by atoms with Gasteiger partial charge in [-0.25, -0.2) is 0 Å². The maximum atomic E-state index is 12.1. The first-order valence-corrected chi connectivity index (χ1v) is 5.84. The highest BCUT2D eigenvalue weighted by Crippen LogP contribution is 2.50. The summed E-state index contributed by atoms with van der Waals surface area (Å²) >= 11 is 0. The molecule has 0 aliphatic heterocycles. The van der Waals surface area contributed by atoms with Gasteiger partial charge in [-0.2, -0.15) is 13.2 Å². The van der Waals surface area contributed by atoms with Crippen molar-refractivity contribution < 1.29 is 13.2 Å². The van der Waals surface area contributed by atoms with Crippen molar-refractivity contribution in [1.29, 1.82) is 0 Å². The Balaban J connectivity index is 1.83. The number of hydrogen-bond acceptors (Lipinski definition) is 1. The van der Waals surface area contributed by atoms with Gasteiger partial charge in [-0.15, -0.1) is 0 Å². The summed E-state index contributed by atoms with van der Waals surface area (Å²) in [6.45, 7) is 0. The molecular formula is C13H16F3N. The summed E-state index contributed by atoms with van der Waals surface area (Å²) in [5.74, 6) is 0.583. The van der Waals surface area contributed by atoms with Gasteiger partial charge in [-0.1, -0.05) is 30.3 Å². The predicted molar refractivity (Wildman–Crippen MR) is 60.6 cm³/mol. The Kier molecular flexibility index (Phi) is 3.43. The minimum atomic E-state index is -4.09. The zero-order valence-electron chi connectivity index (χ0n) is 9.45. The summed E-state index contributed by atoms with van der Waals surface area (Å²) in [6, 6.07) is 9.53. The third-order valence-corrected chi connectivity index (χ3v) is 3.38. The summed E-state index contributed by atoms with van der Waals surface area (Å²) in [5, 5.41) is 0. The lowest BCUT2D eigenvalue weighted by Gasteiger charge is -2.13. The van der Waals surface area contributed by atoms with Gasteiger partial charge in [0, 0.05) is 12.5 Å². The molecule has 17 heavy (non-hydrogen) atoms. The fourth-order valence-corrected chi connectivity index (χ4v) is 2.32. The lowest BCUT2D eigenvalue weighted by molar-refractivity contribution is -0.136. The molecule has 0 saturated heterocycles. The number of nitrogens with two attached hydrogens (primary N) is 1. The van der Waals surface area contributed by atoms with E-state index in [1.165, 1.54) is 5.56 Å². The molecule has 0 heterocycles. The van der Waals surface area contributed by atoms with Gasteiger partial charge < -0.3 is 5.73 Å². The van der Waals surface area contributed by atoms with E-state index in [9.17, 15) is 13.2 Å². The minimum Gasteiger partial charge on any atom is -0.327 e. The Morgan fingerprint density at radius 1 is 1.24 bits per heavy atom. The first-order valence-electron chi connectivity index (χ1n) is 5.84. The molecule has 0 spiro atoms. The maximum absolute atomic E-state index is 12.1. The number of halogens is 3. The molecule has 4 heteroatoms. The van der Waals surface area contributed by atoms with Gasteiger partial charge in [0.05, 0.1) is 0 Å². The predicted octanol–water partition coefficient (Wildman–Crippen LogP) is 3.46. The molecule has 0 amide bonds. The van der Waals surface area contributed by atoms with Crippen LogP contribution in [0.1, 0.15) is 30.7 Å². The van der Waals surface area contributed by atoms with Gasteiger partial charge in [0.2, 0.25) is 0 Å². The average Bonchev–Trinajstić information content (AvgIpc) is 3.06. The van der Waals surface area contributed by atoms with E-state index in [-0.39, 0.29) is 18.4 Å². The van der Waals surface area contributed by atoms with Crippen LogP contribution in [0.3, 0.4) is 0 Å². The van der Waals surface area contributed by atoms with Gasteiger partial charge in [0.1, 0.15) is 0 Å². The fraction of sp³-hybridized carbons (Fsp3) is 0.538. The molecule has 0 radical (unpaired) electrons. The van der Waals surface area contributed by atoms with Crippen LogP contribution < -0.4 is 5.73 Å². The van der Waals surface area contributed by atoms with E-state index >= 15 is 0 Å². The molecule has 1 nitrogen and oxygen atoms in total. The van der Waals surface area contributed by atoms with Crippen LogP contribution in [0.2, 0.25) is 0 Å². The highest BCUT2D eigenvalue weighted by Gasteiger charge is 2.43. The van der Waals surface area contributed by atoms with Gasteiger partial charge in [0.15, 0.2) is 0 Å². The Labute approximate surface area is 98.8 Å². The van der Waals surface area contributed by atoms with E-state index in [1.54, 1.807) is 0 Å². The van der Waals surface area contributed by atoms with Gasteiger partial charge in [-0.3, -0.25) is 0 Å². The van der Waals surface area contributed by atoms with Crippen molar-refractivity contribution in [2.75, 3.05) is 0 Å². The second kappa shape index (κ2) is 4.69. The van der Waals surface area contributed by atoms with Gasteiger partial charge in [-0.05, 0) is 30.2 Å². The normalized spacial score (nSPS) is 25.6. The largest absolute Gasteiger partial charge is 0.389 e. The van der Waals surface area contributed by atoms with E-state index in [4.69, 9.17) is 5.73 Å². The summed E-state index contributed by atoms with van der Waals surface area (Å²) in [6.07, 6.45) is -3.90. The highest BCUT2D eigenvalue weighted by molar-refractivity contribution is 5.26. The topological polar surface area (TPSA) is 26.0 Å². The fourth-order valence-electron chi connectivity index (χ4n) is 2.32. The van der Waals surface area contributed by atoms with E-state index in [0.29, 0.717) is 5.92 Å². The molecule has 3 atom stereocenters. The Bertz CT molecular complexity index is 361. The summed E-state index contributed by atoms with van der Waals surface area (Å²) in [4.78, 5) is 0. The van der Waals surface area contributed by atoms with Crippen molar-refractivity contribution >= 4 is 0 Å². The van der Waals surface area contributed by atoms with Crippen LogP contribution >= 0.6 is 0 Å². The number of benzene rings is 1. The molecule has 1 aromatic rings. The second-order valence-electron chi connectivity index (χ2n) is 4.73. The molecule has 2 rings (SSSR count). The lowest BCUT2D eigenvalue weighted by atomic mass is 10.0. The lowest BCUT2D eigenvalue weighted by Crippen LogP contribution is -2.25. The van der Waals surface area contributed by atoms with Crippen molar-refractivity contribution in [3.8, 4) is 0 Å². The summed E-state index contributed by atoms with van der Waals surface area (Å²) in [5.41, 5.74) is 7.01. The molecule has 0 aromatic heterocycles. The van der Waals surface area contributed by atoms with Crippen LogP contribution in [0.15, 0.2) is 30.3 Å². The van der Waals surface area contributed by atoms with Crippen LogP contribution in [0.5, 0.6) is 0 Å². The SMILES string of the molecule is NC(CCC(F)(F)F)C1CC1c1ccccc1. The molecule has 1 aliphatic carbocycles. The molecule has 94 valence electrons. The van der Waals surface area contributed by atoms with E-state index in [2.05, 4.69) is 0 Å².